The van der Waals surface area contributed by atoms with Gasteiger partial charge in [0.05, 0.1) is 15.6 Å². The van der Waals surface area contributed by atoms with Crippen LogP contribution in [0.2, 0.25) is 0 Å². The van der Waals surface area contributed by atoms with Gasteiger partial charge in [-0.25, -0.2) is 4.98 Å². The molecule has 0 bridgehead atoms. The van der Waals surface area contributed by atoms with Gasteiger partial charge < -0.3 is 4.57 Å². The first-order valence-electron chi connectivity index (χ1n) is 4.54. The Balaban J connectivity index is 2.97. The summed E-state index contributed by atoms with van der Waals surface area (Å²) in [5.74, 6) is 0. The fourth-order valence-electron chi connectivity index (χ4n) is 1.58. The topological polar surface area (TPSA) is 41.6 Å². The summed E-state index contributed by atoms with van der Waals surface area (Å²) in [7, 11) is 0. The molecule has 0 fully saturated rings. The summed E-state index contributed by atoms with van der Waals surface area (Å²) < 4.78 is 4.36. The largest absolute Gasteiger partial charge is 0.319 e. The molecule has 0 N–H and O–H groups in total. The molecule has 3 nitrogen and oxygen atoms in total. The number of imidazole rings is 1. The predicted octanol–water partition coefficient (Wildman–Crippen LogP) is 4.22. The lowest BCUT2D eigenvalue weighted by atomic mass is 10.2. The van der Waals surface area contributed by atoms with Crippen LogP contribution in [0.25, 0.3) is 11.0 Å². The highest BCUT2D eigenvalue weighted by Crippen LogP contribution is 2.34. The summed E-state index contributed by atoms with van der Waals surface area (Å²) in [4.78, 5) is 4.36. The summed E-state index contributed by atoms with van der Waals surface area (Å²) in [6.07, 6.45) is 0. The van der Waals surface area contributed by atoms with E-state index in [0.29, 0.717) is 11.1 Å². The molecular weight excluding hydrogens is 402 g/mol. The van der Waals surface area contributed by atoms with Gasteiger partial charge in [-0.3, -0.25) is 0 Å². The van der Waals surface area contributed by atoms with Crippen LogP contribution in [0.5, 0.6) is 0 Å². The molecule has 0 saturated carbocycles. The van der Waals surface area contributed by atoms with Gasteiger partial charge in [-0.15, -0.1) is 0 Å². The Morgan fingerprint density at radius 2 is 2.12 bits per heavy atom. The Kier molecular flexibility index (Phi) is 3.38. The summed E-state index contributed by atoms with van der Waals surface area (Å²) in [6.45, 7) is 2.84. The molecule has 1 aromatic carbocycles. The normalized spacial score (nSPS) is 10.7. The summed E-state index contributed by atoms with van der Waals surface area (Å²) >= 11 is 10.2. The number of benzene rings is 1. The predicted molar refractivity (Wildman–Crippen MR) is 73.2 cm³/mol. The van der Waals surface area contributed by atoms with Crippen LogP contribution in [0.3, 0.4) is 0 Å². The Morgan fingerprint density at radius 3 is 2.69 bits per heavy atom. The van der Waals surface area contributed by atoms with Crippen LogP contribution in [0.4, 0.5) is 0 Å². The SMILES string of the molecule is CCn1c(Br)nc2c(C#N)c(Br)c(Br)cc21. The van der Waals surface area contributed by atoms with E-state index in [1.807, 2.05) is 17.6 Å². The Morgan fingerprint density at radius 1 is 1.44 bits per heavy atom. The van der Waals surface area contributed by atoms with E-state index < -0.39 is 0 Å². The molecule has 0 spiro atoms. The number of halogens is 3. The van der Waals surface area contributed by atoms with Gasteiger partial charge in [-0.1, -0.05) is 0 Å². The average molecular weight is 408 g/mol. The van der Waals surface area contributed by atoms with Gasteiger partial charge in [0.15, 0.2) is 4.73 Å². The van der Waals surface area contributed by atoms with Gasteiger partial charge in [0.2, 0.25) is 0 Å². The summed E-state index contributed by atoms with van der Waals surface area (Å²) in [5.41, 5.74) is 2.21. The van der Waals surface area contributed by atoms with E-state index in [9.17, 15) is 0 Å². The molecule has 0 aliphatic heterocycles. The molecular formula is C10H6Br3N3. The van der Waals surface area contributed by atoms with Gasteiger partial charge in [-0.2, -0.15) is 5.26 Å². The standard InChI is InChI=1S/C10H6Br3N3/c1-2-16-7-3-6(11)8(12)5(4-14)9(7)15-10(16)13/h3H,2H2,1H3. The van der Waals surface area contributed by atoms with Crippen LogP contribution in [-0.4, -0.2) is 9.55 Å². The zero-order valence-electron chi connectivity index (χ0n) is 8.26. The summed E-state index contributed by atoms with van der Waals surface area (Å²) in [6, 6.07) is 4.13. The monoisotopic (exact) mass is 405 g/mol. The number of fused-ring (bicyclic) bond motifs is 1. The molecule has 0 aliphatic rings. The van der Waals surface area contributed by atoms with Crippen LogP contribution in [-0.2, 0) is 6.54 Å². The Bertz CT molecular complexity index is 610. The molecule has 2 aromatic rings. The van der Waals surface area contributed by atoms with E-state index >= 15 is 0 Å². The maximum absolute atomic E-state index is 9.15. The molecule has 0 aliphatic carbocycles. The second kappa shape index (κ2) is 4.47. The van der Waals surface area contributed by atoms with Crippen molar-refractivity contribution < 1.29 is 0 Å². The van der Waals surface area contributed by atoms with E-state index in [-0.39, 0.29) is 0 Å². The van der Waals surface area contributed by atoms with Gasteiger partial charge in [-0.05, 0) is 60.8 Å². The number of hydrogen-bond donors (Lipinski definition) is 0. The molecule has 6 heteroatoms. The second-order valence-corrected chi connectivity index (χ2v) is 5.51. The first kappa shape index (κ1) is 12.1. The molecule has 1 heterocycles. The van der Waals surface area contributed by atoms with Crippen molar-refractivity contribution in [3.8, 4) is 6.07 Å². The van der Waals surface area contributed by atoms with Crippen LogP contribution >= 0.6 is 47.8 Å². The molecule has 0 amide bonds. The van der Waals surface area contributed by atoms with E-state index in [4.69, 9.17) is 5.26 Å². The molecule has 0 radical (unpaired) electrons. The smallest absolute Gasteiger partial charge is 0.178 e. The fraction of sp³-hybridized carbons (Fsp3) is 0.200. The van der Waals surface area contributed by atoms with Crippen molar-refractivity contribution in [3.63, 3.8) is 0 Å². The van der Waals surface area contributed by atoms with Crippen molar-refractivity contribution >= 4 is 58.8 Å². The molecule has 2 rings (SSSR count). The summed E-state index contributed by atoms with van der Waals surface area (Å²) in [5, 5.41) is 9.15. The van der Waals surface area contributed by atoms with Crippen molar-refractivity contribution in [2.75, 3.05) is 0 Å². The fourth-order valence-corrected chi connectivity index (χ4v) is 3.00. The maximum Gasteiger partial charge on any atom is 0.178 e. The highest BCUT2D eigenvalue weighted by atomic mass is 79.9. The number of aryl methyl sites for hydroxylation is 1. The molecule has 0 atom stereocenters. The number of hydrogen-bond acceptors (Lipinski definition) is 2. The zero-order chi connectivity index (χ0) is 11.9. The highest BCUT2D eigenvalue weighted by molar-refractivity contribution is 9.13. The second-order valence-electron chi connectivity index (χ2n) is 3.15. The highest BCUT2D eigenvalue weighted by Gasteiger charge is 2.16. The number of aromatic nitrogens is 2. The van der Waals surface area contributed by atoms with E-state index in [1.165, 1.54) is 0 Å². The van der Waals surface area contributed by atoms with E-state index in [2.05, 4.69) is 58.8 Å². The van der Waals surface area contributed by atoms with Crippen molar-refractivity contribution in [1.29, 1.82) is 5.26 Å². The minimum atomic E-state index is 0.553. The van der Waals surface area contributed by atoms with Crippen LogP contribution in [0.15, 0.2) is 19.7 Å². The lowest BCUT2D eigenvalue weighted by molar-refractivity contribution is 0.765. The lowest BCUT2D eigenvalue weighted by Gasteiger charge is -2.03. The Hall–Kier alpha value is -0.380. The average Bonchev–Trinajstić information content (AvgIpc) is 2.55. The van der Waals surface area contributed by atoms with Crippen molar-refractivity contribution in [2.45, 2.75) is 13.5 Å². The van der Waals surface area contributed by atoms with Crippen molar-refractivity contribution in [1.82, 2.24) is 9.55 Å². The first-order valence-corrected chi connectivity index (χ1v) is 6.91. The molecule has 82 valence electrons. The van der Waals surface area contributed by atoms with Crippen molar-refractivity contribution in [2.24, 2.45) is 0 Å². The molecule has 1 aromatic heterocycles. The third-order valence-corrected chi connectivity index (χ3v) is 4.90. The molecule has 0 unspecified atom stereocenters. The van der Waals surface area contributed by atoms with Crippen LogP contribution in [0, 0.1) is 11.3 Å². The third kappa shape index (κ3) is 1.71. The third-order valence-electron chi connectivity index (χ3n) is 2.32. The van der Waals surface area contributed by atoms with Gasteiger partial charge in [0.25, 0.3) is 0 Å². The van der Waals surface area contributed by atoms with Crippen LogP contribution in [0.1, 0.15) is 12.5 Å². The minimum Gasteiger partial charge on any atom is -0.319 e. The molecule has 0 saturated heterocycles. The quantitative estimate of drug-likeness (QED) is 0.710. The first-order chi connectivity index (χ1) is 7.60. The van der Waals surface area contributed by atoms with Gasteiger partial charge in [0.1, 0.15) is 11.6 Å². The van der Waals surface area contributed by atoms with Gasteiger partial charge >= 0.3 is 0 Å². The maximum atomic E-state index is 9.15. The number of rotatable bonds is 1. The van der Waals surface area contributed by atoms with E-state index in [1.54, 1.807) is 0 Å². The minimum absolute atomic E-state index is 0.553. The van der Waals surface area contributed by atoms with E-state index in [0.717, 1.165) is 25.7 Å². The van der Waals surface area contributed by atoms with Crippen LogP contribution < -0.4 is 0 Å². The molecule has 16 heavy (non-hydrogen) atoms. The lowest BCUT2D eigenvalue weighted by Crippen LogP contribution is -1.94. The Labute approximate surface area is 118 Å². The van der Waals surface area contributed by atoms with Crippen molar-refractivity contribution in [3.05, 3.63) is 25.3 Å². The number of nitrogens with zero attached hydrogens (tertiary/aromatic N) is 3. The number of nitriles is 1. The zero-order valence-corrected chi connectivity index (χ0v) is 13.0. The van der Waals surface area contributed by atoms with Gasteiger partial charge in [0, 0.05) is 11.0 Å².